The minimum Gasteiger partial charge on any atom is -0.0627 e. The second kappa shape index (κ2) is 9.91. The molecule has 0 aliphatic heterocycles. The van der Waals surface area contributed by atoms with E-state index in [1.807, 2.05) is 0 Å². The molecule has 160 valence electrons. The Morgan fingerprint density at radius 2 is 0.333 bits per heavy atom. The first kappa shape index (κ1) is 32.7. The quantitative estimate of drug-likeness (QED) is 0.313. The number of rotatable bonds is 0. The monoisotopic (exact) mass is 462 g/mol. The Morgan fingerprint density at radius 3 is 0.333 bits per heavy atom. The Hall–Kier alpha value is 1.06. The molecular formula is C24H54Si2Zn. The third kappa shape index (κ3) is 12.4. The molecule has 0 rings (SSSR count). The Kier molecular flexibility index (Phi) is 12.0. The molecule has 3 heteroatoms. The molecule has 0 heterocycles. The predicted octanol–water partition coefficient (Wildman–Crippen LogP) is 9.76. The van der Waals surface area contributed by atoms with E-state index in [4.69, 9.17) is 0 Å². The van der Waals surface area contributed by atoms with Gasteiger partial charge in [-0.2, -0.15) is 0 Å². The summed E-state index contributed by atoms with van der Waals surface area (Å²) >= 11 is 0. The summed E-state index contributed by atoms with van der Waals surface area (Å²) < 4.78 is 0. The van der Waals surface area contributed by atoms with Gasteiger partial charge in [-0.1, -0.05) is 125 Å². The van der Waals surface area contributed by atoms with Gasteiger partial charge in [-0.25, -0.2) is 0 Å². The minimum absolute atomic E-state index is 0. The largest absolute Gasteiger partial charge is 0.0652 e. The summed E-state index contributed by atoms with van der Waals surface area (Å²) in [5.74, 6) is 0. The van der Waals surface area contributed by atoms with E-state index < -0.39 is 17.6 Å². The molecular weight excluding hydrogens is 410 g/mol. The summed E-state index contributed by atoms with van der Waals surface area (Å²) in [4.78, 5) is 0. The SMILES string of the molecule is CC(C)(C)[Si](C(C)(C)C)C(C)(C)C.CC(C)(C)[Si](C(C)(C)C)C(C)(C)C.[Zn]. The molecule has 27 heavy (non-hydrogen) atoms. The molecule has 0 nitrogen and oxygen atoms in total. The molecule has 0 atom stereocenters. The molecule has 2 radical (unpaired) electrons. The van der Waals surface area contributed by atoms with E-state index in [9.17, 15) is 0 Å². The number of hydrogen-bond donors (Lipinski definition) is 0. The molecule has 0 N–H and O–H groups in total. The van der Waals surface area contributed by atoms with Gasteiger partial charge in [0.05, 0.1) is 17.6 Å². The maximum Gasteiger partial charge on any atom is 0.0652 e. The second-order valence-corrected chi connectivity index (χ2v) is 24.8. The zero-order chi connectivity index (χ0) is 22.2. The van der Waals surface area contributed by atoms with Crippen molar-refractivity contribution in [1.82, 2.24) is 0 Å². The first-order valence-electron chi connectivity index (χ1n) is 10.5. The fourth-order valence-corrected chi connectivity index (χ4v) is 20.2. The number of hydrogen-bond acceptors (Lipinski definition) is 0. The van der Waals surface area contributed by atoms with Crippen molar-refractivity contribution in [2.45, 2.75) is 155 Å². The summed E-state index contributed by atoms with van der Waals surface area (Å²) in [7, 11) is -0.782. The summed E-state index contributed by atoms with van der Waals surface area (Å²) in [6.45, 7) is 43.2. The molecule has 0 aromatic carbocycles. The molecule has 0 aliphatic rings. The third-order valence-electron chi connectivity index (χ3n) is 4.50. The van der Waals surface area contributed by atoms with Gasteiger partial charge in [-0.05, 0) is 30.2 Å². The van der Waals surface area contributed by atoms with Crippen molar-refractivity contribution in [3.63, 3.8) is 0 Å². The molecule has 0 aromatic rings. The van der Waals surface area contributed by atoms with Crippen LogP contribution in [0.2, 0.25) is 30.2 Å². The minimum atomic E-state index is -0.391. The van der Waals surface area contributed by atoms with Crippen LogP contribution in [0.1, 0.15) is 125 Å². The zero-order valence-electron chi connectivity index (χ0n) is 22.7. The maximum absolute atomic E-state index is 2.40. The summed E-state index contributed by atoms with van der Waals surface area (Å²) in [6.07, 6.45) is 0. The van der Waals surface area contributed by atoms with Crippen LogP contribution in [0.15, 0.2) is 0 Å². The molecule has 0 fully saturated rings. The summed E-state index contributed by atoms with van der Waals surface area (Å²) in [6, 6.07) is 0. The van der Waals surface area contributed by atoms with Crippen LogP contribution < -0.4 is 0 Å². The average molecular weight is 464 g/mol. The van der Waals surface area contributed by atoms with Gasteiger partial charge in [-0.15, -0.1) is 0 Å². The van der Waals surface area contributed by atoms with Crippen molar-refractivity contribution >= 4 is 17.6 Å². The molecule has 0 saturated heterocycles. The Morgan fingerprint density at radius 1 is 0.259 bits per heavy atom. The van der Waals surface area contributed by atoms with Gasteiger partial charge in [0.15, 0.2) is 0 Å². The third-order valence-corrected chi connectivity index (χ3v) is 13.5. The van der Waals surface area contributed by atoms with Gasteiger partial charge in [-0.3, -0.25) is 0 Å². The smallest absolute Gasteiger partial charge is 0.0627 e. The topological polar surface area (TPSA) is 0 Å². The van der Waals surface area contributed by atoms with Crippen molar-refractivity contribution in [1.29, 1.82) is 0 Å². The fourth-order valence-electron chi connectivity index (χ4n) is 6.75. The first-order chi connectivity index (χ1) is 10.7. The molecule has 0 bridgehead atoms. The van der Waals surface area contributed by atoms with Crippen molar-refractivity contribution in [2.24, 2.45) is 0 Å². The summed E-state index contributed by atoms with van der Waals surface area (Å²) in [5, 5.41) is 2.92. The van der Waals surface area contributed by atoms with E-state index in [-0.39, 0.29) is 19.5 Å². The van der Waals surface area contributed by atoms with Crippen molar-refractivity contribution in [3.8, 4) is 0 Å². The van der Waals surface area contributed by atoms with Crippen LogP contribution in [0.3, 0.4) is 0 Å². The van der Waals surface area contributed by atoms with E-state index in [1.54, 1.807) is 0 Å². The van der Waals surface area contributed by atoms with Gasteiger partial charge >= 0.3 is 0 Å². The van der Waals surface area contributed by atoms with Gasteiger partial charge in [0.1, 0.15) is 0 Å². The van der Waals surface area contributed by atoms with Gasteiger partial charge in [0, 0.05) is 19.5 Å². The molecule has 0 aromatic heterocycles. The molecule has 0 aliphatic carbocycles. The fraction of sp³-hybridized carbons (Fsp3) is 1.00. The first-order valence-corrected chi connectivity index (χ1v) is 13.5. The van der Waals surface area contributed by atoms with Crippen LogP contribution in [0.25, 0.3) is 0 Å². The van der Waals surface area contributed by atoms with E-state index >= 15 is 0 Å². The van der Waals surface area contributed by atoms with E-state index in [0.29, 0.717) is 30.2 Å². The van der Waals surface area contributed by atoms with Crippen molar-refractivity contribution < 1.29 is 19.5 Å². The van der Waals surface area contributed by atoms with E-state index in [0.717, 1.165) is 0 Å². The zero-order valence-corrected chi connectivity index (χ0v) is 27.7. The summed E-state index contributed by atoms with van der Waals surface area (Å²) in [5.41, 5.74) is 0. The van der Waals surface area contributed by atoms with Crippen LogP contribution in [0.5, 0.6) is 0 Å². The average Bonchev–Trinajstić information content (AvgIpc) is 1.97. The predicted molar refractivity (Wildman–Crippen MR) is 130 cm³/mol. The Balaban J connectivity index is -0.000000411. The van der Waals surface area contributed by atoms with E-state index in [2.05, 4.69) is 125 Å². The van der Waals surface area contributed by atoms with Gasteiger partial charge < -0.3 is 0 Å². The molecule has 0 spiro atoms. The van der Waals surface area contributed by atoms with Crippen LogP contribution >= 0.6 is 0 Å². The van der Waals surface area contributed by atoms with Crippen LogP contribution in [0.4, 0.5) is 0 Å². The van der Waals surface area contributed by atoms with Gasteiger partial charge in [0.2, 0.25) is 0 Å². The molecule has 0 unspecified atom stereocenters. The normalized spacial score (nSPS) is 14.7. The van der Waals surface area contributed by atoms with Crippen LogP contribution in [0, 0.1) is 0 Å². The maximum atomic E-state index is 2.40. The Bertz CT molecular complexity index is 304. The standard InChI is InChI=1S/2C12H27Si.Zn/c2*1-10(2,3)13(11(4,5)6)12(7,8)9;/h2*1-9H3;. The van der Waals surface area contributed by atoms with Crippen molar-refractivity contribution in [3.05, 3.63) is 0 Å². The molecule has 0 saturated carbocycles. The molecule has 0 amide bonds. The van der Waals surface area contributed by atoms with Crippen LogP contribution in [-0.4, -0.2) is 17.6 Å². The van der Waals surface area contributed by atoms with Gasteiger partial charge in [0.25, 0.3) is 0 Å². The van der Waals surface area contributed by atoms with Crippen LogP contribution in [-0.2, 0) is 19.5 Å². The second-order valence-electron chi connectivity index (χ2n) is 14.2. The Labute approximate surface area is 191 Å². The van der Waals surface area contributed by atoms with Crippen molar-refractivity contribution in [2.75, 3.05) is 0 Å². The van der Waals surface area contributed by atoms with E-state index in [1.165, 1.54) is 0 Å².